The molecular formula is C5H4N2O3S. The van der Waals surface area contributed by atoms with Crippen molar-refractivity contribution in [2.45, 2.75) is 5.09 Å². The standard InChI is InChI=1S/C5H4N2O3S/c6-3-4-1-2-10-5(4)11(7,8)9/h1-2H,(H2,7,8,9). The molecule has 0 spiro atoms. The Labute approximate surface area is 63.1 Å². The van der Waals surface area contributed by atoms with Crippen molar-refractivity contribution in [1.82, 2.24) is 0 Å². The molecule has 5 nitrogen and oxygen atoms in total. The van der Waals surface area contributed by atoms with E-state index in [0.717, 1.165) is 6.26 Å². The summed E-state index contributed by atoms with van der Waals surface area (Å²) < 4.78 is 25.7. The zero-order valence-corrected chi connectivity index (χ0v) is 6.13. The van der Waals surface area contributed by atoms with Crippen molar-refractivity contribution in [3.05, 3.63) is 17.9 Å². The first-order valence-corrected chi connectivity index (χ1v) is 4.10. The van der Waals surface area contributed by atoms with Crippen molar-refractivity contribution in [2.75, 3.05) is 0 Å². The van der Waals surface area contributed by atoms with Gasteiger partial charge in [-0.05, 0) is 6.07 Å². The lowest BCUT2D eigenvalue weighted by molar-refractivity contribution is 0.449. The number of furan rings is 1. The first-order valence-electron chi connectivity index (χ1n) is 2.56. The highest BCUT2D eigenvalue weighted by Gasteiger charge is 2.16. The van der Waals surface area contributed by atoms with E-state index < -0.39 is 15.1 Å². The third-order valence-electron chi connectivity index (χ3n) is 1.01. The Balaban J connectivity index is 3.39. The van der Waals surface area contributed by atoms with Gasteiger partial charge in [0.25, 0.3) is 15.1 Å². The summed E-state index contributed by atoms with van der Waals surface area (Å²) in [6.45, 7) is 0. The lowest BCUT2D eigenvalue weighted by Crippen LogP contribution is -2.12. The summed E-state index contributed by atoms with van der Waals surface area (Å²) in [5, 5.41) is 12.6. The van der Waals surface area contributed by atoms with Crippen LogP contribution in [-0.2, 0) is 10.0 Å². The van der Waals surface area contributed by atoms with Crippen molar-refractivity contribution in [2.24, 2.45) is 5.14 Å². The molecule has 1 aromatic rings. The van der Waals surface area contributed by atoms with Crippen molar-refractivity contribution in [1.29, 1.82) is 5.26 Å². The average Bonchev–Trinajstić information content (AvgIpc) is 2.31. The maximum absolute atomic E-state index is 10.6. The smallest absolute Gasteiger partial charge is 0.272 e. The second-order valence-corrected chi connectivity index (χ2v) is 3.24. The van der Waals surface area contributed by atoms with E-state index in [1.165, 1.54) is 6.07 Å². The van der Waals surface area contributed by atoms with Gasteiger partial charge in [0.1, 0.15) is 11.6 Å². The second kappa shape index (κ2) is 2.38. The molecule has 0 aliphatic carbocycles. The number of hydrogen-bond acceptors (Lipinski definition) is 4. The molecule has 2 N–H and O–H groups in total. The van der Waals surface area contributed by atoms with E-state index in [1.807, 2.05) is 0 Å². The van der Waals surface area contributed by atoms with Gasteiger partial charge < -0.3 is 4.42 Å². The van der Waals surface area contributed by atoms with Gasteiger partial charge >= 0.3 is 0 Å². The Morgan fingerprint density at radius 2 is 2.27 bits per heavy atom. The highest BCUT2D eigenvalue weighted by Crippen LogP contribution is 2.13. The van der Waals surface area contributed by atoms with Crippen LogP contribution in [0.2, 0.25) is 0 Å². The van der Waals surface area contributed by atoms with Gasteiger partial charge in [-0.3, -0.25) is 0 Å². The fourth-order valence-electron chi connectivity index (χ4n) is 0.599. The van der Waals surface area contributed by atoms with Gasteiger partial charge in [0.05, 0.1) is 6.26 Å². The molecule has 1 aromatic heterocycles. The van der Waals surface area contributed by atoms with E-state index in [4.69, 9.17) is 10.4 Å². The van der Waals surface area contributed by atoms with Crippen molar-refractivity contribution in [3.8, 4) is 6.07 Å². The molecule has 0 saturated heterocycles. The van der Waals surface area contributed by atoms with E-state index in [0.29, 0.717) is 0 Å². The molecule has 0 bridgehead atoms. The zero-order chi connectivity index (χ0) is 8.48. The summed E-state index contributed by atoms with van der Waals surface area (Å²) in [7, 11) is -3.89. The number of hydrogen-bond donors (Lipinski definition) is 1. The molecule has 0 radical (unpaired) electrons. The van der Waals surface area contributed by atoms with Crippen LogP contribution < -0.4 is 5.14 Å². The highest BCUT2D eigenvalue weighted by molar-refractivity contribution is 7.89. The molecule has 0 fully saturated rings. The van der Waals surface area contributed by atoms with Crippen LogP contribution >= 0.6 is 0 Å². The molecule has 1 heterocycles. The Morgan fingerprint density at radius 1 is 1.64 bits per heavy atom. The summed E-state index contributed by atoms with van der Waals surface area (Å²) in [4.78, 5) is 0. The maximum atomic E-state index is 10.6. The van der Waals surface area contributed by atoms with Crippen LogP contribution in [0.3, 0.4) is 0 Å². The number of nitriles is 1. The number of nitrogens with two attached hydrogens (primary N) is 1. The fraction of sp³-hybridized carbons (Fsp3) is 0. The molecule has 0 aromatic carbocycles. The molecule has 0 aliphatic heterocycles. The van der Waals surface area contributed by atoms with Crippen molar-refractivity contribution in [3.63, 3.8) is 0 Å². The number of primary sulfonamides is 1. The van der Waals surface area contributed by atoms with Crippen molar-refractivity contribution >= 4 is 10.0 Å². The minimum atomic E-state index is -3.89. The van der Waals surface area contributed by atoms with E-state index in [9.17, 15) is 8.42 Å². The summed E-state index contributed by atoms with van der Waals surface area (Å²) in [5.74, 6) is 0. The average molecular weight is 172 g/mol. The molecule has 0 atom stereocenters. The molecular weight excluding hydrogens is 168 g/mol. The first-order chi connectivity index (χ1) is 5.05. The molecule has 1 rings (SSSR count). The predicted octanol–water partition coefficient (Wildman–Crippen LogP) is -0.201. The SMILES string of the molecule is N#Cc1ccoc1S(N)(=O)=O. The van der Waals surface area contributed by atoms with Crippen LogP contribution in [0.4, 0.5) is 0 Å². The van der Waals surface area contributed by atoms with Crippen LogP contribution in [0, 0.1) is 11.3 Å². The highest BCUT2D eigenvalue weighted by atomic mass is 32.2. The van der Waals surface area contributed by atoms with E-state index in [2.05, 4.69) is 4.42 Å². The van der Waals surface area contributed by atoms with Crippen molar-refractivity contribution < 1.29 is 12.8 Å². The molecule has 0 aliphatic rings. The Hall–Kier alpha value is -1.32. The van der Waals surface area contributed by atoms with Gasteiger partial charge in [0.2, 0.25) is 0 Å². The van der Waals surface area contributed by atoms with Gasteiger partial charge in [-0.15, -0.1) is 0 Å². The third kappa shape index (κ3) is 1.39. The zero-order valence-electron chi connectivity index (χ0n) is 5.31. The van der Waals surface area contributed by atoms with E-state index in [-0.39, 0.29) is 5.56 Å². The Morgan fingerprint density at radius 3 is 2.64 bits per heavy atom. The normalized spacial score (nSPS) is 10.9. The molecule has 58 valence electrons. The minimum Gasteiger partial charge on any atom is -0.451 e. The molecule has 6 heteroatoms. The maximum Gasteiger partial charge on any atom is 0.272 e. The predicted molar refractivity (Wildman–Crippen MR) is 34.8 cm³/mol. The lowest BCUT2D eigenvalue weighted by Gasteiger charge is -1.89. The fourth-order valence-corrected chi connectivity index (χ4v) is 1.21. The van der Waals surface area contributed by atoms with Crippen LogP contribution in [0.1, 0.15) is 5.56 Å². The van der Waals surface area contributed by atoms with Crippen LogP contribution in [0.25, 0.3) is 0 Å². The molecule has 11 heavy (non-hydrogen) atoms. The largest absolute Gasteiger partial charge is 0.451 e. The number of rotatable bonds is 1. The Bertz CT molecular complexity index is 398. The number of nitrogens with zero attached hydrogens (tertiary/aromatic N) is 1. The van der Waals surface area contributed by atoms with Gasteiger partial charge in [0, 0.05) is 0 Å². The summed E-state index contributed by atoms with van der Waals surface area (Å²) in [6.07, 6.45) is 1.10. The van der Waals surface area contributed by atoms with Crippen LogP contribution in [0.15, 0.2) is 21.8 Å². The monoisotopic (exact) mass is 172 g/mol. The lowest BCUT2D eigenvalue weighted by atomic mass is 10.4. The van der Waals surface area contributed by atoms with Gasteiger partial charge in [0.15, 0.2) is 0 Å². The topological polar surface area (TPSA) is 97.1 Å². The molecule has 0 saturated carbocycles. The van der Waals surface area contributed by atoms with Crippen LogP contribution in [0.5, 0.6) is 0 Å². The molecule has 0 amide bonds. The minimum absolute atomic E-state index is 0.0764. The summed E-state index contributed by atoms with van der Waals surface area (Å²) >= 11 is 0. The van der Waals surface area contributed by atoms with Gasteiger partial charge in [-0.1, -0.05) is 0 Å². The quantitative estimate of drug-likeness (QED) is 0.634. The molecule has 0 unspecified atom stereocenters. The first kappa shape index (κ1) is 7.78. The Kier molecular flexibility index (Phi) is 1.68. The summed E-state index contributed by atoms with van der Waals surface area (Å²) in [6, 6.07) is 2.87. The second-order valence-electron chi connectivity index (χ2n) is 1.78. The van der Waals surface area contributed by atoms with Crippen LogP contribution in [-0.4, -0.2) is 8.42 Å². The van der Waals surface area contributed by atoms with E-state index >= 15 is 0 Å². The number of sulfonamides is 1. The van der Waals surface area contributed by atoms with E-state index in [1.54, 1.807) is 6.07 Å². The van der Waals surface area contributed by atoms with Gasteiger partial charge in [-0.25, -0.2) is 13.6 Å². The third-order valence-corrected chi connectivity index (χ3v) is 1.84. The van der Waals surface area contributed by atoms with Gasteiger partial charge in [-0.2, -0.15) is 5.26 Å². The summed E-state index contributed by atoms with van der Waals surface area (Å²) in [5.41, 5.74) is -0.0764.